The Balaban J connectivity index is -0.000000215. The van der Waals surface area contributed by atoms with E-state index in [0.29, 0.717) is 6.04 Å². The monoisotopic (exact) mass is 294 g/mol. The molecule has 0 aromatic carbocycles. The smallest absolute Gasteiger partial charge is 0.0673 e. The first-order chi connectivity index (χ1) is 9.22. The van der Waals surface area contributed by atoms with Gasteiger partial charge in [-0.3, -0.25) is 0 Å². The molecule has 0 bridgehead atoms. The lowest BCUT2D eigenvalue weighted by Crippen LogP contribution is -2.34. The Morgan fingerprint density at radius 1 is 1.16 bits per heavy atom. The number of nitrogens with one attached hydrogen (secondary N) is 2. The van der Waals surface area contributed by atoms with E-state index in [0.717, 1.165) is 11.6 Å². The molecule has 1 heterocycles. The molecule has 1 rings (SSSR count). The summed E-state index contributed by atoms with van der Waals surface area (Å²) in [5.74, 6) is 2.05. The van der Waals surface area contributed by atoms with E-state index in [-0.39, 0.29) is 6.10 Å². The molecule has 0 amide bonds. The summed E-state index contributed by atoms with van der Waals surface area (Å²) in [6, 6.07) is 0.333. The summed E-state index contributed by atoms with van der Waals surface area (Å²) in [6.07, 6.45) is 2.31. The van der Waals surface area contributed by atoms with Crippen LogP contribution in [0.15, 0.2) is 0 Å². The maximum absolute atomic E-state index is 8.98. The zero-order chi connectivity index (χ0) is 15.5. The molecule has 1 saturated heterocycles. The van der Waals surface area contributed by atoms with Crippen LogP contribution in [0, 0.1) is 0 Å². The molecule has 1 unspecified atom stereocenters. The van der Waals surface area contributed by atoms with Crippen LogP contribution in [0.3, 0.4) is 0 Å². The first-order valence-corrected chi connectivity index (χ1v) is 9.07. The molecule has 0 aromatic rings. The van der Waals surface area contributed by atoms with E-state index in [1.807, 2.05) is 46.4 Å². The highest BCUT2D eigenvalue weighted by Crippen LogP contribution is 2.11. The predicted octanol–water partition coefficient (Wildman–Crippen LogP) is 3.48. The molecule has 0 spiro atoms. The molecule has 1 aliphatic heterocycles. The number of aliphatic hydroxyl groups is 1. The van der Waals surface area contributed by atoms with Gasteiger partial charge >= 0.3 is 0 Å². The average Bonchev–Trinajstić information content (AvgIpc) is 2.99. The van der Waals surface area contributed by atoms with Crippen LogP contribution in [0.4, 0.5) is 0 Å². The third-order valence-electron chi connectivity index (χ3n) is 2.18. The molecule has 120 valence electrons. The molecular formula is C15H38N2OS. The van der Waals surface area contributed by atoms with Crippen molar-refractivity contribution >= 4 is 11.8 Å². The zero-order valence-electron chi connectivity index (χ0n) is 14.3. The van der Waals surface area contributed by atoms with E-state index in [9.17, 15) is 0 Å². The van der Waals surface area contributed by atoms with Crippen molar-refractivity contribution < 1.29 is 5.11 Å². The van der Waals surface area contributed by atoms with Gasteiger partial charge in [0.15, 0.2) is 0 Å². The summed E-state index contributed by atoms with van der Waals surface area (Å²) in [7, 11) is 0. The van der Waals surface area contributed by atoms with Gasteiger partial charge in [-0.05, 0) is 32.9 Å². The summed E-state index contributed by atoms with van der Waals surface area (Å²) in [6.45, 7) is 16.5. The minimum atomic E-state index is -0.190. The number of hydrogen-bond donors (Lipinski definition) is 3. The second-order valence-corrected chi connectivity index (χ2v) is 4.85. The quantitative estimate of drug-likeness (QED) is 0.679. The van der Waals surface area contributed by atoms with Gasteiger partial charge in [0.2, 0.25) is 0 Å². The summed E-state index contributed by atoms with van der Waals surface area (Å²) < 4.78 is 0. The van der Waals surface area contributed by atoms with Crippen LogP contribution in [0.2, 0.25) is 0 Å². The van der Waals surface area contributed by atoms with Gasteiger partial charge in [-0.15, -0.1) is 11.8 Å². The Labute approximate surface area is 126 Å². The van der Waals surface area contributed by atoms with Crippen LogP contribution < -0.4 is 10.6 Å². The highest BCUT2D eigenvalue weighted by molar-refractivity contribution is 7.99. The molecule has 0 radical (unpaired) electrons. The normalized spacial score (nSPS) is 18.0. The Hall–Kier alpha value is 0.230. The number of rotatable bonds is 5. The van der Waals surface area contributed by atoms with Crippen molar-refractivity contribution in [1.82, 2.24) is 10.6 Å². The first-order valence-electron chi connectivity index (χ1n) is 7.92. The van der Waals surface area contributed by atoms with Crippen molar-refractivity contribution in [2.75, 3.05) is 24.7 Å². The third-order valence-corrected chi connectivity index (χ3v) is 3.15. The lowest BCUT2D eigenvalue weighted by atomic mass is 10.2. The van der Waals surface area contributed by atoms with E-state index in [2.05, 4.69) is 24.5 Å². The minimum absolute atomic E-state index is 0.190. The van der Waals surface area contributed by atoms with Crippen molar-refractivity contribution in [2.45, 2.75) is 73.5 Å². The van der Waals surface area contributed by atoms with E-state index in [4.69, 9.17) is 5.11 Å². The molecule has 19 heavy (non-hydrogen) atoms. The van der Waals surface area contributed by atoms with Gasteiger partial charge < -0.3 is 15.7 Å². The Morgan fingerprint density at radius 3 is 1.84 bits per heavy atom. The van der Waals surface area contributed by atoms with Gasteiger partial charge in [0, 0.05) is 17.7 Å². The van der Waals surface area contributed by atoms with Gasteiger partial charge in [0.05, 0.1) is 6.10 Å². The fourth-order valence-corrected chi connectivity index (χ4v) is 2.30. The van der Waals surface area contributed by atoms with Gasteiger partial charge in [0.25, 0.3) is 0 Å². The summed E-state index contributed by atoms with van der Waals surface area (Å²) in [5.41, 5.74) is 0. The van der Waals surface area contributed by atoms with Crippen molar-refractivity contribution in [1.29, 1.82) is 0 Å². The highest BCUT2D eigenvalue weighted by atomic mass is 32.2. The molecule has 1 fully saturated rings. The van der Waals surface area contributed by atoms with Gasteiger partial charge in [-0.25, -0.2) is 0 Å². The number of hydrogen-bond acceptors (Lipinski definition) is 4. The van der Waals surface area contributed by atoms with Crippen LogP contribution >= 0.6 is 11.8 Å². The van der Waals surface area contributed by atoms with E-state index in [1.54, 1.807) is 0 Å². The van der Waals surface area contributed by atoms with Crippen LogP contribution in [0.25, 0.3) is 0 Å². The molecule has 0 aromatic heterocycles. The van der Waals surface area contributed by atoms with E-state index >= 15 is 0 Å². The summed E-state index contributed by atoms with van der Waals surface area (Å²) >= 11 is 1.84. The topological polar surface area (TPSA) is 44.3 Å². The minimum Gasteiger partial charge on any atom is -0.392 e. The van der Waals surface area contributed by atoms with Crippen LogP contribution in [-0.4, -0.2) is 42.0 Å². The molecule has 3 N–H and O–H groups in total. The molecule has 1 aliphatic rings. The lowest BCUT2D eigenvalue weighted by Gasteiger charge is -2.10. The predicted molar refractivity (Wildman–Crippen MR) is 92.1 cm³/mol. The standard InChI is InChI=1S/C6H15N.C5H11NOS.2C2H6/c1-3-5-7-6-4-2;1-4(7)5-2-8-3-6-5;2*1-2/h7H,3-6H2,1-2H3;4-7H,2-3H2,1H3;2*1-2H3/t;4?,5-;;/m.0../s1. The van der Waals surface area contributed by atoms with Crippen molar-refractivity contribution in [3.05, 3.63) is 0 Å². The van der Waals surface area contributed by atoms with Crippen LogP contribution in [-0.2, 0) is 0 Å². The molecule has 0 aliphatic carbocycles. The second kappa shape index (κ2) is 23.3. The van der Waals surface area contributed by atoms with Gasteiger partial charge in [0.1, 0.15) is 0 Å². The summed E-state index contributed by atoms with van der Waals surface area (Å²) in [5, 5.41) is 15.4. The van der Waals surface area contributed by atoms with Crippen LogP contribution in [0.1, 0.15) is 61.3 Å². The zero-order valence-corrected chi connectivity index (χ0v) is 15.1. The first kappa shape index (κ1) is 24.3. The van der Waals surface area contributed by atoms with Crippen LogP contribution in [0.5, 0.6) is 0 Å². The molecule has 3 nitrogen and oxygen atoms in total. The molecule has 4 heteroatoms. The highest BCUT2D eigenvalue weighted by Gasteiger charge is 2.18. The Bertz CT molecular complexity index is 125. The van der Waals surface area contributed by atoms with Crippen molar-refractivity contribution in [3.8, 4) is 0 Å². The Kier molecular flexibility index (Phi) is 29.8. The maximum atomic E-state index is 8.98. The van der Waals surface area contributed by atoms with Gasteiger partial charge in [-0.1, -0.05) is 41.5 Å². The summed E-state index contributed by atoms with van der Waals surface area (Å²) in [4.78, 5) is 0. The Morgan fingerprint density at radius 2 is 1.63 bits per heavy atom. The average molecular weight is 295 g/mol. The number of thioether (sulfide) groups is 1. The van der Waals surface area contributed by atoms with Gasteiger partial charge in [-0.2, -0.15) is 0 Å². The second-order valence-electron chi connectivity index (χ2n) is 3.82. The third kappa shape index (κ3) is 20.7. The fourth-order valence-electron chi connectivity index (χ4n) is 1.20. The van der Waals surface area contributed by atoms with E-state index in [1.165, 1.54) is 25.9 Å². The SMILES string of the molecule is CC.CC.CC(O)[C@@H]1CSCN1.CCCNCCC. The number of aliphatic hydroxyl groups excluding tert-OH is 1. The van der Waals surface area contributed by atoms with Crippen molar-refractivity contribution in [3.63, 3.8) is 0 Å². The molecule has 0 saturated carbocycles. The maximum Gasteiger partial charge on any atom is 0.0673 e. The largest absolute Gasteiger partial charge is 0.392 e. The lowest BCUT2D eigenvalue weighted by molar-refractivity contribution is 0.161. The molecular weight excluding hydrogens is 256 g/mol. The van der Waals surface area contributed by atoms with E-state index < -0.39 is 0 Å². The fraction of sp³-hybridized carbons (Fsp3) is 1.00. The van der Waals surface area contributed by atoms with Crippen molar-refractivity contribution in [2.24, 2.45) is 0 Å². The molecule has 2 atom stereocenters.